The molecule has 0 atom stereocenters. The molecule has 0 saturated carbocycles. The number of hydrogen-bond acceptors (Lipinski definition) is 6. The molecule has 0 aliphatic carbocycles. The SMILES string of the molecule is Cc1nc(CN(C)c2nc(CCC(=O)O)cs2)cs1. The Morgan fingerprint density at radius 2 is 2.05 bits per heavy atom. The molecule has 0 aliphatic heterocycles. The van der Waals surface area contributed by atoms with Crippen molar-refractivity contribution in [1.82, 2.24) is 9.97 Å². The first-order valence-corrected chi connectivity index (χ1v) is 7.59. The number of hydrogen-bond donors (Lipinski definition) is 1. The van der Waals surface area contributed by atoms with Crippen LogP contribution in [0.1, 0.15) is 22.8 Å². The molecule has 19 heavy (non-hydrogen) atoms. The third-order valence-electron chi connectivity index (χ3n) is 2.53. The number of aryl methyl sites for hydroxylation is 2. The van der Waals surface area contributed by atoms with Gasteiger partial charge in [0.1, 0.15) is 0 Å². The van der Waals surface area contributed by atoms with Crippen molar-refractivity contribution in [3.8, 4) is 0 Å². The van der Waals surface area contributed by atoms with E-state index in [0.29, 0.717) is 6.42 Å². The van der Waals surface area contributed by atoms with Crippen LogP contribution in [0, 0.1) is 6.92 Å². The lowest BCUT2D eigenvalue weighted by molar-refractivity contribution is -0.136. The Bertz CT molecular complexity index is 565. The fourth-order valence-electron chi connectivity index (χ4n) is 1.61. The van der Waals surface area contributed by atoms with Crippen molar-refractivity contribution in [1.29, 1.82) is 0 Å². The van der Waals surface area contributed by atoms with Crippen LogP contribution < -0.4 is 4.90 Å². The Balaban J connectivity index is 1.95. The zero-order valence-corrected chi connectivity index (χ0v) is 12.4. The largest absolute Gasteiger partial charge is 0.481 e. The Hall–Kier alpha value is -1.47. The highest BCUT2D eigenvalue weighted by atomic mass is 32.1. The van der Waals surface area contributed by atoms with Crippen molar-refractivity contribution < 1.29 is 9.90 Å². The van der Waals surface area contributed by atoms with Gasteiger partial charge in [0.05, 0.1) is 29.4 Å². The van der Waals surface area contributed by atoms with Crippen LogP contribution in [0.15, 0.2) is 10.8 Å². The number of anilines is 1. The van der Waals surface area contributed by atoms with Gasteiger partial charge in [-0.3, -0.25) is 4.79 Å². The van der Waals surface area contributed by atoms with Gasteiger partial charge in [0.15, 0.2) is 5.13 Å². The summed E-state index contributed by atoms with van der Waals surface area (Å²) in [6.07, 6.45) is 0.605. The van der Waals surface area contributed by atoms with Crippen molar-refractivity contribution in [3.05, 3.63) is 27.2 Å². The van der Waals surface area contributed by atoms with Gasteiger partial charge >= 0.3 is 5.97 Å². The third-order valence-corrected chi connectivity index (χ3v) is 4.35. The summed E-state index contributed by atoms with van der Waals surface area (Å²) in [6.45, 7) is 2.71. The molecule has 0 aromatic carbocycles. The van der Waals surface area contributed by atoms with Gasteiger partial charge in [0, 0.05) is 24.2 Å². The smallest absolute Gasteiger partial charge is 0.303 e. The first-order chi connectivity index (χ1) is 9.04. The molecule has 0 bridgehead atoms. The number of carboxylic acids is 1. The van der Waals surface area contributed by atoms with Crippen LogP contribution in [0.4, 0.5) is 5.13 Å². The highest BCUT2D eigenvalue weighted by molar-refractivity contribution is 7.13. The molecule has 7 heteroatoms. The fraction of sp³-hybridized carbons (Fsp3) is 0.417. The summed E-state index contributed by atoms with van der Waals surface area (Å²) in [7, 11) is 1.97. The number of carbonyl (C=O) groups is 1. The van der Waals surface area contributed by atoms with Crippen molar-refractivity contribution in [2.24, 2.45) is 0 Å². The van der Waals surface area contributed by atoms with E-state index in [4.69, 9.17) is 5.11 Å². The topological polar surface area (TPSA) is 66.3 Å². The maximum Gasteiger partial charge on any atom is 0.303 e. The number of aromatic nitrogens is 2. The van der Waals surface area contributed by atoms with Gasteiger partial charge < -0.3 is 10.0 Å². The second-order valence-corrected chi connectivity index (χ2v) is 6.13. The summed E-state index contributed by atoms with van der Waals surface area (Å²) in [4.78, 5) is 21.4. The summed E-state index contributed by atoms with van der Waals surface area (Å²) in [5, 5.41) is 14.6. The van der Waals surface area contributed by atoms with E-state index in [2.05, 4.69) is 9.97 Å². The van der Waals surface area contributed by atoms with Gasteiger partial charge in [0.25, 0.3) is 0 Å². The molecule has 0 radical (unpaired) electrons. The lowest BCUT2D eigenvalue weighted by atomic mass is 10.2. The van der Waals surface area contributed by atoms with Gasteiger partial charge in [-0.1, -0.05) is 0 Å². The van der Waals surface area contributed by atoms with Crippen molar-refractivity contribution in [2.75, 3.05) is 11.9 Å². The number of aliphatic carboxylic acids is 1. The number of nitrogens with zero attached hydrogens (tertiary/aromatic N) is 3. The van der Waals surface area contributed by atoms with Gasteiger partial charge in [-0.2, -0.15) is 0 Å². The third kappa shape index (κ3) is 4.00. The molecular formula is C12H15N3O2S2. The van der Waals surface area contributed by atoms with Crippen LogP contribution in [-0.2, 0) is 17.8 Å². The number of carboxylic acid groups (broad SMARTS) is 1. The minimum atomic E-state index is -0.791. The standard InChI is InChI=1S/C12H15N3O2S2/c1-8-13-10(7-18-8)5-15(2)12-14-9(6-19-12)3-4-11(16)17/h6-7H,3-5H2,1-2H3,(H,16,17). The van der Waals surface area contributed by atoms with Crippen LogP contribution in [0.5, 0.6) is 0 Å². The van der Waals surface area contributed by atoms with Crippen LogP contribution in [-0.4, -0.2) is 28.1 Å². The van der Waals surface area contributed by atoms with Crippen molar-refractivity contribution >= 4 is 33.8 Å². The molecule has 0 spiro atoms. The summed E-state index contributed by atoms with van der Waals surface area (Å²) >= 11 is 3.17. The normalized spacial score (nSPS) is 10.6. The molecule has 0 fully saturated rings. The van der Waals surface area contributed by atoms with Gasteiger partial charge in [0.2, 0.25) is 0 Å². The Labute approximate surface area is 119 Å². The monoisotopic (exact) mass is 297 g/mol. The van der Waals surface area contributed by atoms with Gasteiger partial charge in [-0.15, -0.1) is 22.7 Å². The van der Waals surface area contributed by atoms with E-state index in [-0.39, 0.29) is 6.42 Å². The first-order valence-electron chi connectivity index (χ1n) is 5.83. The van der Waals surface area contributed by atoms with E-state index in [1.165, 1.54) is 11.3 Å². The second kappa shape index (κ2) is 6.12. The molecule has 2 aromatic rings. The highest BCUT2D eigenvalue weighted by Crippen LogP contribution is 2.22. The lowest BCUT2D eigenvalue weighted by Gasteiger charge is -2.13. The highest BCUT2D eigenvalue weighted by Gasteiger charge is 2.10. The fourth-order valence-corrected chi connectivity index (χ4v) is 3.04. The Morgan fingerprint density at radius 1 is 1.32 bits per heavy atom. The lowest BCUT2D eigenvalue weighted by Crippen LogP contribution is -2.16. The predicted octanol–water partition coefficient (Wildman–Crippen LogP) is 2.56. The molecule has 0 aliphatic rings. The summed E-state index contributed by atoms with van der Waals surface area (Å²) in [5.41, 5.74) is 1.87. The maximum atomic E-state index is 10.5. The molecule has 102 valence electrons. The number of thiazole rings is 2. The summed E-state index contributed by atoms with van der Waals surface area (Å²) in [6, 6.07) is 0. The van der Waals surface area contributed by atoms with Gasteiger partial charge in [-0.05, 0) is 6.92 Å². The molecule has 0 saturated heterocycles. The van der Waals surface area contributed by atoms with Crippen LogP contribution in [0.2, 0.25) is 0 Å². The van der Waals surface area contributed by atoms with Crippen molar-refractivity contribution in [3.63, 3.8) is 0 Å². The van der Waals surface area contributed by atoms with Crippen LogP contribution in [0.25, 0.3) is 0 Å². The van der Waals surface area contributed by atoms with Crippen LogP contribution >= 0.6 is 22.7 Å². The zero-order chi connectivity index (χ0) is 13.8. The Kier molecular flexibility index (Phi) is 4.49. The van der Waals surface area contributed by atoms with Gasteiger partial charge in [-0.25, -0.2) is 9.97 Å². The summed E-state index contributed by atoms with van der Waals surface area (Å²) < 4.78 is 0. The first kappa shape index (κ1) is 14.0. The zero-order valence-electron chi connectivity index (χ0n) is 10.8. The Morgan fingerprint density at radius 3 is 2.68 bits per heavy atom. The predicted molar refractivity (Wildman–Crippen MR) is 77.0 cm³/mol. The average Bonchev–Trinajstić information content (AvgIpc) is 2.95. The maximum absolute atomic E-state index is 10.5. The van der Waals surface area contributed by atoms with Crippen molar-refractivity contribution in [2.45, 2.75) is 26.3 Å². The molecule has 5 nitrogen and oxygen atoms in total. The second-order valence-electron chi connectivity index (χ2n) is 4.23. The molecule has 0 amide bonds. The van der Waals surface area contributed by atoms with E-state index in [1.807, 2.05) is 29.6 Å². The minimum Gasteiger partial charge on any atom is -0.481 e. The molecule has 0 unspecified atom stereocenters. The van der Waals surface area contributed by atoms with E-state index in [0.717, 1.165) is 28.1 Å². The van der Waals surface area contributed by atoms with E-state index in [9.17, 15) is 4.79 Å². The molecule has 1 N–H and O–H groups in total. The van der Waals surface area contributed by atoms with E-state index < -0.39 is 5.97 Å². The molecular weight excluding hydrogens is 282 g/mol. The van der Waals surface area contributed by atoms with Crippen LogP contribution in [0.3, 0.4) is 0 Å². The molecule has 2 aromatic heterocycles. The molecule has 2 rings (SSSR count). The molecule has 2 heterocycles. The van der Waals surface area contributed by atoms with E-state index in [1.54, 1.807) is 11.3 Å². The average molecular weight is 297 g/mol. The summed E-state index contributed by atoms with van der Waals surface area (Å²) in [5.74, 6) is -0.791. The quantitative estimate of drug-likeness (QED) is 0.887. The number of rotatable bonds is 6. The van der Waals surface area contributed by atoms with E-state index >= 15 is 0 Å². The minimum absolute atomic E-state index is 0.123.